The molecular weight excluding hydrogens is 366 g/mol. The Labute approximate surface area is 162 Å². The molecule has 148 valence electrons. The van der Waals surface area contributed by atoms with Crippen LogP contribution in [0.4, 0.5) is 4.39 Å². The van der Waals surface area contributed by atoms with Crippen LogP contribution in [-0.4, -0.2) is 24.3 Å². The van der Waals surface area contributed by atoms with E-state index in [-0.39, 0.29) is 5.82 Å². The lowest BCUT2D eigenvalue weighted by Crippen LogP contribution is -2.12. The Morgan fingerprint density at radius 3 is 2.33 bits per heavy atom. The monoisotopic (exact) mass is 394 g/mol. The van der Waals surface area contributed by atoms with Crippen molar-refractivity contribution in [1.29, 1.82) is 0 Å². The average molecular weight is 394 g/mol. The van der Waals surface area contributed by atoms with E-state index in [4.69, 9.17) is 14.6 Å². The minimum absolute atomic E-state index is 0.290. The van der Waals surface area contributed by atoms with Crippen molar-refractivity contribution in [1.82, 2.24) is 0 Å². The van der Waals surface area contributed by atoms with Gasteiger partial charge in [-0.15, -0.1) is 9.24 Å². The zero-order valence-corrected chi connectivity index (χ0v) is 17.2. The molecule has 1 N–H and O–H groups in total. The summed E-state index contributed by atoms with van der Waals surface area (Å²) in [6.45, 7) is 6.66. The number of carbonyl (C=O) groups is 1. The molecule has 2 aromatic carbocycles. The minimum Gasteiger partial charge on any atom is -0.493 e. The maximum Gasteiger partial charge on any atom is 0.306 e. The first-order valence-corrected chi connectivity index (χ1v) is 9.66. The van der Waals surface area contributed by atoms with E-state index in [0.717, 1.165) is 11.3 Å². The molecule has 0 aliphatic carbocycles. The van der Waals surface area contributed by atoms with Crippen molar-refractivity contribution in [3.05, 3.63) is 53.8 Å². The van der Waals surface area contributed by atoms with Gasteiger partial charge in [0.05, 0.1) is 19.1 Å². The molecule has 2 atom stereocenters. The van der Waals surface area contributed by atoms with Gasteiger partial charge in [-0.1, -0.05) is 32.9 Å². The van der Waals surface area contributed by atoms with Gasteiger partial charge in [-0.2, -0.15) is 0 Å². The first-order chi connectivity index (χ1) is 13.0. The summed E-state index contributed by atoms with van der Waals surface area (Å²) < 4.78 is 24.2. The largest absolute Gasteiger partial charge is 0.493 e. The molecule has 4 nitrogen and oxygen atoms in total. The van der Waals surface area contributed by atoms with E-state index in [9.17, 15) is 9.18 Å². The Morgan fingerprint density at radius 2 is 1.74 bits per heavy atom. The molecule has 0 radical (unpaired) electrons. The highest BCUT2D eigenvalue weighted by Crippen LogP contribution is 2.16. The summed E-state index contributed by atoms with van der Waals surface area (Å²) in [5, 5.41) is 9.61. The minimum atomic E-state index is -0.796. The Morgan fingerprint density at radius 1 is 1.11 bits per heavy atom. The van der Waals surface area contributed by atoms with Gasteiger partial charge in [-0.05, 0) is 42.3 Å². The fourth-order valence-corrected chi connectivity index (χ4v) is 2.58. The summed E-state index contributed by atoms with van der Waals surface area (Å²) >= 11 is 0. The van der Waals surface area contributed by atoms with Gasteiger partial charge in [-0.3, -0.25) is 4.79 Å². The highest BCUT2D eigenvalue weighted by molar-refractivity contribution is 7.27. The Balaban J connectivity index is 0.00000176. The summed E-state index contributed by atoms with van der Waals surface area (Å²) in [4.78, 5) is 10.9. The lowest BCUT2D eigenvalue weighted by atomic mass is 10.0. The van der Waals surface area contributed by atoms with Crippen LogP contribution >= 0.6 is 9.24 Å². The Kier molecular flexibility index (Phi) is 10.4. The van der Waals surface area contributed by atoms with E-state index in [1.54, 1.807) is 13.0 Å². The van der Waals surface area contributed by atoms with Crippen LogP contribution in [0.2, 0.25) is 0 Å². The number of ether oxygens (including phenoxy) is 2. The fraction of sp³-hybridized carbons (Fsp3) is 0.381. The summed E-state index contributed by atoms with van der Waals surface area (Å²) in [7, 11) is 2.45. The van der Waals surface area contributed by atoms with Crippen LogP contribution in [-0.2, 0) is 11.2 Å². The third-order valence-electron chi connectivity index (χ3n) is 3.67. The Hall–Kier alpha value is -2.13. The first-order valence-electron chi connectivity index (χ1n) is 9.08. The van der Waals surface area contributed by atoms with Crippen LogP contribution in [0.1, 0.15) is 32.8 Å². The molecule has 0 saturated heterocycles. The van der Waals surface area contributed by atoms with E-state index in [1.807, 2.05) is 38.1 Å². The molecule has 0 heterocycles. The van der Waals surface area contributed by atoms with Gasteiger partial charge < -0.3 is 14.6 Å². The molecule has 0 aliphatic rings. The normalized spacial score (nSPS) is 11.1. The number of halogens is 1. The molecule has 0 fully saturated rings. The third-order valence-corrected chi connectivity index (χ3v) is 4.12. The lowest BCUT2D eigenvalue weighted by molar-refractivity contribution is -0.141. The van der Waals surface area contributed by atoms with Crippen molar-refractivity contribution in [2.75, 3.05) is 13.2 Å². The highest BCUT2D eigenvalue weighted by Gasteiger charge is 2.11. The molecule has 0 saturated carbocycles. The molecule has 0 aliphatic heterocycles. The van der Waals surface area contributed by atoms with Crippen molar-refractivity contribution in [3.63, 3.8) is 0 Å². The van der Waals surface area contributed by atoms with Gasteiger partial charge in [0.15, 0.2) is 0 Å². The SMILES string of the molecule is CC.CC(Cc1ccc(OCCCOc2ccc(F)cc2P)cc1)C(=O)O. The zero-order chi connectivity index (χ0) is 20.2. The quantitative estimate of drug-likeness (QED) is 0.504. The smallest absolute Gasteiger partial charge is 0.306 e. The van der Waals surface area contributed by atoms with E-state index in [1.165, 1.54) is 12.1 Å². The number of hydrogen-bond acceptors (Lipinski definition) is 3. The summed E-state index contributed by atoms with van der Waals surface area (Å²) in [6.07, 6.45) is 1.19. The van der Waals surface area contributed by atoms with Gasteiger partial charge in [0.1, 0.15) is 17.3 Å². The highest BCUT2D eigenvalue weighted by atomic mass is 31.0. The van der Waals surface area contributed by atoms with Crippen LogP contribution in [0, 0.1) is 11.7 Å². The molecule has 2 rings (SSSR count). The topological polar surface area (TPSA) is 55.8 Å². The zero-order valence-electron chi connectivity index (χ0n) is 16.1. The molecule has 27 heavy (non-hydrogen) atoms. The van der Waals surface area contributed by atoms with Crippen molar-refractivity contribution in [3.8, 4) is 11.5 Å². The van der Waals surface area contributed by atoms with Crippen LogP contribution < -0.4 is 14.8 Å². The third kappa shape index (κ3) is 8.40. The van der Waals surface area contributed by atoms with Gasteiger partial charge in [-0.25, -0.2) is 4.39 Å². The second kappa shape index (κ2) is 12.3. The second-order valence-corrected chi connectivity index (χ2v) is 6.44. The van der Waals surface area contributed by atoms with E-state index < -0.39 is 11.9 Å². The molecule has 0 spiro atoms. The standard InChI is InChI=1S/C19H22FO4P.C2H6/c1-13(19(21)22)11-14-3-6-16(7-4-14)23-9-2-10-24-17-8-5-15(20)12-18(17)25;1-2/h3-8,12-13H,2,9-11,25H2,1H3,(H,21,22);1-2H3. The Bertz CT molecular complexity index is 704. The summed E-state index contributed by atoms with van der Waals surface area (Å²) in [5.74, 6) is -0.113. The maximum atomic E-state index is 13.0. The predicted molar refractivity (Wildman–Crippen MR) is 110 cm³/mol. The van der Waals surface area contributed by atoms with E-state index >= 15 is 0 Å². The second-order valence-electron chi connectivity index (χ2n) is 5.82. The number of benzene rings is 2. The van der Waals surface area contributed by atoms with Gasteiger partial charge >= 0.3 is 5.97 Å². The molecule has 0 amide bonds. The summed E-state index contributed by atoms with van der Waals surface area (Å²) in [6, 6.07) is 11.8. The van der Waals surface area contributed by atoms with Crippen molar-refractivity contribution < 1.29 is 23.8 Å². The molecule has 2 aromatic rings. The molecule has 6 heteroatoms. The predicted octanol–water partition coefficient (Wildman–Crippen LogP) is 4.46. The number of aliphatic carboxylic acids is 1. The van der Waals surface area contributed by atoms with Crippen LogP contribution in [0.25, 0.3) is 0 Å². The lowest BCUT2D eigenvalue weighted by Gasteiger charge is -2.11. The van der Waals surface area contributed by atoms with E-state index in [0.29, 0.717) is 37.1 Å². The van der Waals surface area contributed by atoms with Gasteiger partial charge in [0, 0.05) is 11.7 Å². The number of carboxylic acid groups (broad SMARTS) is 1. The number of hydrogen-bond donors (Lipinski definition) is 1. The van der Waals surface area contributed by atoms with E-state index in [2.05, 4.69) is 9.24 Å². The average Bonchev–Trinajstić information content (AvgIpc) is 2.66. The van der Waals surface area contributed by atoms with Crippen LogP contribution in [0.5, 0.6) is 11.5 Å². The van der Waals surface area contributed by atoms with Crippen LogP contribution in [0.15, 0.2) is 42.5 Å². The van der Waals surface area contributed by atoms with Crippen LogP contribution in [0.3, 0.4) is 0 Å². The summed E-state index contributed by atoms with van der Waals surface area (Å²) in [5.41, 5.74) is 0.967. The molecule has 0 aromatic heterocycles. The van der Waals surface area contributed by atoms with Crippen molar-refractivity contribution in [2.45, 2.75) is 33.6 Å². The molecule has 0 bridgehead atoms. The van der Waals surface area contributed by atoms with Gasteiger partial charge in [0.2, 0.25) is 0 Å². The van der Waals surface area contributed by atoms with Crippen molar-refractivity contribution >= 4 is 20.5 Å². The van der Waals surface area contributed by atoms with Crippen molar-refractivity contribution in [2.24, 2.45) is 5.92 Å². The molecule has 2 unspecified atom stereocenters. The maximum absolute atomic E-state index is 13.0. The molecular formula is C21H28FO4P. The number of carboxylic acids is 1. The van der Waals surface area contributed by atoms with Gasteiger partial charge in [0.25, 0.3) is 0 Å². The first kappa shape index (κ1) is 22.9. The number of rotatable bonds is 9. The fourth-order valence-electron chi connectivity index (χ4n) is 2.24.